The molecule has 0 saturated heterocycles. The molecule has 1 amide bonds. The molecule has 2 N–H and O–H groups in total. The molecule has 116 valence electrons. The molecule has 7 nitrogen and oxygen atoms in total. The maximum atomic E-state index is 12.0. The SMILES string of the molecule is CO[C@H](CNC(=O)c1ccc(O)c([N+](=O)[O-])c1)C(C)(C)C. The van der Waals surface area contributed by atoms with Crippen molar-refractivity contribution in [3.63, 3.8) is 0 Å². The van der Waals surface area contributed by atoms with Gasteiger partial charge in [0.1, 0.15) is 0 Å². The van der Waals surface area contributed by atoms with E-state index in [4.69, 9.17) is 4.74 Å². The number of nitro groups is 1. The fraction of sp³-hybridized carbons (Fsp3) is 0.500. The van der Waals surface area contributed by atoms with Crippen molar-refractivity contribution in [3.8, 4) is 5.75 Å². The van der Waals surface area contributed by atoms with Gasteiger partial charge in [0.15, 0.2) is 5.75 Å². The average molecular weight is 296 g/mol. The van der Waals surface area contributed by atoms with Gasteiger partial charge in [0.2, 0.25) is 0 Å². The number of amides is 1. The second-order valence-electron chi connectivity index (χ2n) is 5.76. The molecule has 0 aliphatic heterocycles. The number of phenolic OH excluding ortho intramolecular Hbond substituents is 1. The summed E-state index contributed by atoms with van der Waals surface area (Å²) in [6.45, 7) is 6.24. The minimum atomic E-state index is -0.737. The number of nitrogens with zero attached hydrogens (tertiary/aromatic N) is 1. The zero-order chi connectivity index (χ0) is 16.2. The van der Waals surface area contributed by atoms with Crippen molar-refractivity contribution in [3.05, 3.63) is 33.9 Å². The van der Waals surface area contributed by atoms with Gasteiger partial charge in [-0.2, -0.15) is 0 Å². The zero-order valence-electron chi connectivity index (χ0n) is 12.5. The molecule has 0 fully saturated rings. The lowest BCUT2D eigenvalue weighted by Gasteiger charge is -2.29. The second-order valence-corrected chi connectivity index (χ2v) is 5.76. The molecule has 0 heterocycles. The summed E-state index contributed by atoms with van der Waals surface area (Å²) >= 11 is 0. The molecule has 0 aliphatic rings. The van der Waals surface area contributed by atoms with Crippen molar-refractivity contribution in [1.29, 1.82) is 0 Å². The summed E-state index contributed by atoms with van der Waals surface area (Å²) in [6, 6.07) is 3.50. The average Bonchev–Trinajstić information content (AvgIpc) is 2.37. The molecule has 0 spiro atoms. The standard InChI is InChI=1S/C14H20N2O5/c1-14(2,3)12(21-4)8-15-13(18)9-5-6-11(17)10(7-9)16(19)20/h5-7,12,17H,8H2,1-4H3,(H,15,18)/t12-/m1/s1. The van der Waals surface area contributed by atoms with Crippen LogP contribution in [0.5, 0.6) is 5.75 Å². The molecule has 0 aromatic heterocycles. The van der Waals surface area contributed by atoms with Crippen molar-refractivity contribution >= 4 is 11.6 Å². The molecule has 1 rings (SSSR count). The van der Waals surface area contributed by atoms with Crippen LogP contribution in [0.1, 0.15) is 31.1 Å². The van der Waals surface area contributed by atoms with Crippen molar-refractivity contribution in [1.82, 2.24) is 5.32 Å². The predicted molar refractivity (Wildman–Crippen MR) is 77.3 cm³/mol. The quantitative estimate of drug-likeness (QED) is 0.640. The topological polar surface area (TPSA) is 102 Å². The molecule has 1 atom stereocenters. The van der Waals surface area contributed by atoms with Crippen LogP contribution in [-0.2, 0) is 4.74 Å². The number of hydrogen-bond donors (Lipinski definition) is 2. The summed E-state index contributed by atoms with van der Waals surface area (Å²) in [6.07, 6.45) is -0.187. The molecule has 21 heavy (non-hydrogen) atoms. The number of ether oxygens (including phenoxy) is 1. The maximum absolute atomic E-state index is 12.0. The highest BCUT2D eigenvalue weighted by Crippen LogP contribution is 2.26. The van der Waals surface area contributed by atoms with Crippen LogP contribution in [0.25, 0.3) is 0 Å². The molecule has 7 heteroatoms. The Balaban J connectivity index is 2.81. The zero-order valence-corrected chi connectivity index (χ0v) is 12.5. The Labute approximate surface area is 123 Å². The third-order valence-electron chi connectivity index (χ3n) is 3.13. The number of carbonyl (C=O) groups excluding carboxylic acids is 1. The summed E-state index contributed by atoms with van der Waals surface area (Å²) in [7, 11) is 1.56. The molecule has 0 unspecified atom stereocenters. The first-order valence-corrected chi connectivity index (χ1v) is 6.45. The van der Waals surface area contributed by atoms with E-state index in [0.717, 1.165) is 12.1 Å². The van der Waals surface area contributed by atoms with E-state index in [9.17, 15) is 20.0 Å². The summed E-state index contributed by atoms with van der Waals surface area (Å²) in [4.78, 5) is 22.0. The molecular formula is C14H20N2O5. The van der Waals surface area contributed by atoms with Crippen LogP contribution in [0.3, 0.4) is 0 Å². The number of carbonyl (C=O) groups is 1. The Morgan fingerprint density at radius 3 is 2.57 bits per heavy atom. The van der Waals surface area contributed by atoms with Gasteiger partial charge in [-0.3, -0.25) is 14.9 Å². The third-order valence-corrected chi connectivity index (χ3v) is 3.13. The highest BCUT2D eigenvalue weighted by atomic mass is 16.6. The first-order valence-electron chi connectivity index (χ1n) is 6.45. The van der Waals surface area contributed by atoms with Gasteiger partial charge in [-0.15, -0.1) is 0 Å². The van der Waals surface area contributed by atoms with Crippen LogP contribution in [0.15, 0.2) is 18.2 Å². The summed E-state index contributed by atoms with van der Waals surface area (Å²) < 4.78 is 5.32. The lowest BCUT2D eigenvalue weighted by atomic mass is 9.89. The number of hydrogen-bond acceptors (Lipinski definition) is 5. The minimum Gasteiger partial charge on any atom is -0.502 e. The molecule has 0 aliphatic carbocycles. The fourth-order valence-electron chi connectivity index (χ4n) is 1.84. The van der Waals surface area contributed by atoms with Crippen molar-refractivity contribution < 1.29 is 19.6 Å². The Bertz CT molecular complexity index is 537. The number of rotatable bonds is 5. The fourth-order valence-corrected chi connectivity index (χ4v) is 1.84. The third kappa shape index (κ3) is 4.42. The van der Waals surface area contributed by atoms with E-state index in [0.29, 0.717) is 0 Å². The molecule has 0 bridgehead atoms. The molecule has 0 radical (unpaired) electrons. The van der Waals surface area contributed by atoms with Gasteiger partial charge in [-0.1, -0.05) is 20.8 Å². The van der Waals surface area contributed by atoms with E-state index < -0.39 is 22.3 Å². The normalized spacial score (nSPS) is 12.8. The van der Waals surface area contributed by atoms with E-state index in [2.05, 4.69) is 5.32 Å². The number of methoxy groups -OCH3 is 1. The monoisotopic (exact) mass is 296 g/mol. The van der Waals surface area contributed by atoms with Crippen LogP contribution < -0.4 is 5.32 Å². The van der Waals surface area contributed by atoms with Crippen LogP contribution in [-0.4, -0.2) is 35.7 Å². The highest BCUT2D eigenvalue weighted by Gasteiger charge is 2.25. The smallest absolute Gasteiger partial charge is 0.311 e. The Morgan fingerprint density at radius 2 is 2.10 bits per heavy atom. The van der Waals surface area contributed by atoms with Crippen molar-refractivity contribution in [2.45, 2.75) is 26.9 Å². The van der Waals surface area contributed by atoms with E-state index >= 15 is 0 Å². The van der Waals surface area contributed by atoms with Gasteiger partial charge in [0, 0.05) is 25.3 Å². The maximum Gasteiger partial charge on any atom is 0.311 e. The van der Waals surface area contributed by atoms with Gasteiger partial charge in [0.05, 0.1) is 11.0 Å². The van der Waals surface area contributed by atoms with Crippen molar-refractivity contribution in [2.24, 2.45) is 5.41 Å². The van der Waals surface area contributed by atoms with Crippen LogP contribution in [0, 0.1) is 15.5 Å². The molecular weight excluding hydrogens is 276 g/mol. The second kappa shape index (κ2) is 6.53. The first-order chi connectivity index (χ1) is 9.66. The summed E-state index contributed by atoms with van der Waals surface area (Å²) in [5.41, 5.74) is -0.534. The number of nitrogens with one attached hydrogen (secondary N) is 1. The lowest BCUT2D eigenvalue weighted by molar-refractivity contribution is -0.385. The Kier molecular flexibility index (Phi) is 5.26. The van der Waals surface area contributed by atoms with E-state index in [1.54, 1.807) is 7.11 Å². The minimum absolute atomic E-state index is 0.114. The van der Waals surface area contributed by atoms with Crippen LogP contribution in [0.2, 0.25) is 0 Å². The number of phenols is 1. The lowest BCUT2D eigenvalue weighted by Crippen LogP contribution is -2.40. The van der Waals surface area contributed by atoms with E-state index in [1.165, 1.54) is 6.07 Å². The Morgan fingerprint density at radius 1 is 1.48 bits per heavy atom. The van der Waals surface area contributed by atoms with Gasteiger partial charge in [0.25, 0.3) is 5.91 Å². The van der Waals surface area contributed by atoms with Gasteiger partial charge in [-0.25, -0.2) is 0 Å². The highest BCUT2D eigenvalue weighted by molar-refractivity contribution is 5.95. The van der Waals surface area contributed by atoms with Gasteiger partial charge in [-0.05, 0) is 17.5 Å². The largest absolute Gasteiger partial charge is 0.502 e. The molecule has 1 aromatic rings. The summed E-state index contributed by atoms with van der Waals surface area (Å²) in [5.74, 6) is -0.926. The predicted octanol–water partition coefficient (Wildman–Crippen LogP) is 2.09. The number of benzene rings is 1. The van der Waals surface area contributed by atoms with Gasteiger partial charge < -0.3 is 15.2 Å². The van der Waals surface area contributed by atoms with E-state index in [1.807, 2.05) is 20.8 Å². The van der Waals surface area contributed by atoms with E-state index in [-0.39, 0.29) is 23.6 Å². The summed E-state index contributed by atoms with van der Waals surface area (Å²) in [5, 5.41) is 22.8. The Hall–Kier alpha value is -2.15. The van der Waals surface area contributed by atoms with Crippen LogP contribution >= 0.6 is 0 Å². The number of aromatic hydroxyl groups is 1. The molecule has 0 saturated carbocycles. The van der Waals surface area contributed by atoms with Crippen molar-refractivity contribution in [2.75, 3.05) is 13.7 Å². The van der Waals surface area contributed by atoms with Crippen LogP contribution in [0.4, 0.5) is 5.69 Å². The van der Waals surface area contributed by atoms with Gasteiger partial charge >= 0.3 is 5.69 Å². The molecule has 1 aromatic carbocycles. The first kappa shape index (κ1) is 16.9. The number of nitro benzene ring substituents is 1.